The van der Waals surface area contributed by atoms with Gasteiger partial charge in [-0.25, -0.2) is 0 Å². The monoisotopic (exact) mass is 431 g/mol. The minimum atomic E-state index is 0.0110. The molecule has 1 fully saturated rings. The molecule has 0 saturated carbocycles. The lowest BCUT2D eigenvalue weighted by molar-refractivity contribution is -0.123. The zero-order valence-corrected chi connectivity index (χ0v) is 18.8. The summed E-state index contributed by atoms with van der Waals surface area (Å²) in [6, 6.07) is 14.4. The van der Waals surface area contributed by atoms with Gasteiger partial charge in [-0.1, -0.05) is 6.07 Å². The highest BCUT2D eigenvalue weighted by Crippen LogP contribution is 2.38. The van der Waals surface area contributed by atoms with Gasteiger partial charge in [-0.15, -0.1) is 0 Å². The Morgan fingerprint density at radius 2 is 1.88 bits per heavy atom. The predicted octanol–water partition coefficient (Wildman–Crippen LogP) is 4.24. The maximum atomic E-state index is 13.7. The number of carbonyl (C=O) groups excluding carboxylic acids is 1. The third-order valence-electron chi connectivity index (χ3n) is 6.59. The summed E-state index contributed by atoms with van der Waals surface area (Å²) >= 11 is 0. The van der Waals surface area contributed by atoms with E-state index in [0.29, 0.717) is 6.54 Å². The molecule has 3 heterocycles. The molecule has 2 aliphatic heterocycles. The van der Waals surface area contributed by atoms with Crippen molar-refractivity contribution in [3.05, 3.63) is 59.8 Å². The van der Waals surface area contributed by atoms with Gasteiger partial charge >= 0.3 is 0 Å². The van der Waals surface area contributed by atoms with Crippen molar-refractivity contribution in [3.8, 4) is 5.75 Å². The van der Waals surface area contributed by atoms with Gasteiger partial charge in [0.1, 0.15) is 11.6 Å². The molecule has 2 aliphatic rings. The van der Waals surface area contributed by atoms with E-state index < -0.39 is 0 Å². The summed E-state index contributed by atoms with van der Waals surface area (Å²) in [5.74, 6) is 2.01. The lowest BCUT2D eigenvalue weighted by atomic mass is 9.94. The van der Waals surface area contributed by atoms with Crippen LogP contribution in [0, 0.1) is 12.8 Å². The van der Waals surface area contributed by atoms with Crippen molar-refractivity contribution in [2.75, 3.05) is 35.3 Å². The molecule has 1 amide bonds. The van der Waals surface area contributed by atoms with E-state index in [1.54, 1.807) is 7.11 Å². The van der Waals surface area contributed by atoms with Crippen LogP contribution in [0.15, 0.2) is 48.7 Å². The van der Waals surface area contributed by atoms with Gasteiger partial charge in [-0.3, -0.25) is 9.48 Å². The molecule has 166 valence electrons. The second kappa shape index (κ2) is 8.22. The van der Waals surface area contributed by atoms with Crippen LogP contribution in [0.4, 0.5) is 22.9 Å². The first-order valence-corrected chi connectivity index (χ1v) is 11.1. The van der Waals surface area contributed by atoms with Crippen molar-refractivity contribution in [1.29, 1.82) is 0 Å². The van der Waals surface area contributed by atoms with E-state index in [1.807, 2.05) is 35.0 Å². The van der Waals surface area contributed by atoms with Crippen molar-refractivity contribution in [1.82, 2.24) is 9.78 Å². The lowest BCUT2D eigenvalue weighted by Gasteiger charge is -2.35. The van der Waals surface area contributed by atoms with E-state index in [-0.39, 0.29) is 11.8 Å². The summed E-state index contributed by atoms with van der Waals surface area (Å²) in [5.41, 5.74) is 5.26. The number of aromatic nitrogens is 2. The van der Waals surface area contributed by atoms with Crippen LogP contribution >= 0.6 is 0 Å². The topological polar surface area (TPSA) is 62.6 Å². The minimum Gasteiger partial charge on any atom is -0.497 e. The van der Waals surface area contributed by atoms with E-state index in [4.69, 9.17) is 4.74 Å². The van der Waals surface area contributed by atoms with Crippen molar-refractivity contribution in [2.45, 2.75) is 26.3 Å². The van der Waals surface area contributed by atoms with E-state index in [0.717, 1.165) is 60.0 Å². The number of methoxy groups -OCH3 is 1. The number of nitrogens with one attached hydrogen (secondary N) is 1. The Hall–Kier alpha value is -3.48. The first-order chi connectivity index (χ1) is 15.5. The van der Waals surface area contributed by atoms with Crippen LogP contribution in [-0.4, -0.2) is 35.9 Å². The molecule has 0 unspecified atom stereocenters. The number of anilines is 4. The van der Waals surface area contributed by atoms with Gasteiger partial charge in [0.15, 0.2) is 0 Å². The zero-order chi connectivity index (χ0) is 22.2. The number of aryl methyl sites for hydroxylation is 2. The normalized spacial score (nSPS) is 16.1. The quantitative estimate of drug-likeness (QED) is 0.672. The Morgan fingerprint density at radius 3 is 2.59 bits per heavy atom. The molecule has 5 rings (SSSR count). The first-order valence-electron chi connectivity index (χ1n) is 11.1. The molecule has 1 saturated heterocycles. The fourth-order valence-electron chi connectivity index (χ4n) is 4.72. The molecule has 0 bridgehead atoms. The van der Waals surface area contributed by atoms with Gasteiger partial charge in [0.05, 0.1) is 31.2 Å². The number of benzene rings is 2. The van der Waals surface area contributed by atoms with Crippen LogP contribution in [-0.2, 0) is 18.4 Å². The number of nitrogens with zero attached hydrogens (tertiary/aromatic N) is 4. The second-order valence-corrected chi connectivity index (χ2v) is 8.67. The Morgan fingerprint density at radius 1 is 1.12 bits per heavy atom. The molecule has 7 heteroatoms. The number of rotatable bonds is 3. The van der Waals surface area contributed by atoms with Gasteiger partial charge in [0.25, 0.3) is 0 Å². The minimum absolute atomic E-state index is 0.0110. The average Bonchev–Trinajstić information content (AvgIpc) is 3.07. The molecule has 0 atom stereocenters. The van der Waals surface area contributed by atoms with Crippen LogP contribution < -0.4 is 19.9 Å². The number of piperidine rings is 1. The van der Waals surface area contributed by atoms with E-state index in [9.17, 15) is 4.79 Å². The summed E-state index contributed by atoms with van der Waals surface area (Å²) in [4.78, 5) is 18.0. The summed E-state index contributed by atoms with van der Waals surface area (Å²) in [5, 5.41) is 7.90. The van der Waals surface area contributed by atoms with Crippen LogP contribution in [0.1, 0.15) is 24.0 Å². The van der Waals surface area contributed by atoms with Gasteiger partial charge < -0.3 is 19.9 Å². The summed E-state index contributed by atoms with van der Waals surface area (Å²) in [7, 11) is 3.60. The second-order valence-electron chi connectivity index (χ2n) is 8.67. The molecule has 3 aromatic rings. The van der Waals surface area contributed by atoms with Gasteiger partial charge in [-0.2, -0.15) is 5.10 Å². The number of ether oxygens (including phenoxy) is 1. The third kappa shape index (κ3) is 3.68. The molecule has 32 heavy (non-hydrogen) atoms. The van der Waals surface area contributed by atoms with Crippen molar-refractivity contribution >= 4 is 28.8 Å². The third-order valence-corrected chi connectivity index (χ3v) is 6.59. The van der Waals surface area contributed by atoms with Crippen LogP contribution in [0.25, 0.3) is 0 Å². The Kier molecular flexibility index (Phi) is 5.25. The number of hydrogen-bond donors (Lipinski definition) is 1. The summed E-state index contributed by atoms with van der Waals surface area (Å²) in [6.45, 7) is 4.34. The van der Waals surface area contributed by atoms with E-state index in [2.05, 4.69) is 52.6 Å². The Labute approximate surface area is 188 Å². The van der Waals surface area contributed by atoms with Gasteiger partial charge in [0.2, 0.25) is 5.91 Å². The van der Waals surface area contributed by atoms with Crippen molar-refractivity contribution in [3.63, 3.8) is 0 Å². The molecular formula is C25H29N5O2. The van der Waals surface area contributed by atoms with Crippen LogP contribution in [0.5, 0.6) is 5.75 Å². The standard InChI is InChI=1S/C25H29N5O2/c1-17-4-9-23-22(14-17)27-24-19(15-26-28(24)2)16-30(23)25(31)18-10-12-29(13-11-18)20-5-7-21(32-3)8-6-20/h4-9,14-15,18,27H,10-13,16H2,1-3H3. The van der Waals surface area contributed by atoms with E-state index in [1.165, 1.54) is 5.69 Å². The molecule has 7 nitrogen and oxygen atoms in total. The SMILES string of the molecule is COc1ccc(N2CCC(C(=O)N3Cc4cnn(C)c4Nc4cc(C)ccc43)CC2)cc1. The largest absolute Gasteiger partial charge is 0.497 e. The molecule has 1 N–H and O–H groups in total. The Balaban J connectivity index is 1.36. The highest BCUT2D eigenvalue weighted by Gasteiger charge is 2.33. The van der Waals surface area contributed by atoms with Crippen LogP contribution in [0.3, 0.4) is 0 Å². The number of fused-ring (bicyclic) bond motifs is 2. The molecule has 1 aromatic heterocycles. The number of carbonyl (C=O) groups is 1. The first kappa shape index (κ1) is 20.4. The maximum Gasteiger partial charge on any atom is 0.230 e. The number of amides is 1. The smallest absolute Gasteiger partial charge is 0.230 e. The molecule has 0 radical (unpaired) electrons. The van der Waals surface area contributed by atoms with Crippen molar-refractivity contribution < 1.29 is 9.53 Å². The molecule has 2 aromatic carbocycles. The fraction of sp³-hybridized carbons (Fsp3) is 0.360. The fourth-order valence-corrected chi connectivity index (χ4v) is 4.72. The highest BCUT2D eigenvalue weighted by atomic mass is 16.5. The Bertz CT molecular complexity index is 1130. The number of hydrogen-bond acceptors (Lipinski definition) is 5. The van der Waals surface area contributed by atoms with Gasteiger partial charge in [-0.05, 0) is 61.7 Å². The molecule has 0 aliphatic carbocycles. The lowest BCUT2D eigenvalue weighted by Crippen LogP contribution is -2.42. The maximum absolute atomic E-state index is 13.7. The zero-order valence-electron chi connectivity index (χ0n) is 18.8. The van der Waals surface area contributed by atoms with Crippen LogP contribution in [0.2, 0.25) is 0 Å². The van der Waals surface area contributed by atoms with E-state index >= 15 is 0 Å². The molecular weight excluding hydrogens is 402 g/mol. The molecule has 0 spiro atoms. The highest BCUT2D eigenvalue weighted by molar-refractivity contribution is 5.99. The average molecular weight is 432 g/mol. The van der Waals surface area contributed by atoms with Gasteiger partial charge in [0, 0.05) is 37.3 Å². The summed E-state index contributed by atoms with van der Waals surface area (Å²) < 4.78 is 7.10. The summed E-state index contributed by atoms with van der Waals surface area (Å²) in [6.07, 6.45) is 3.54. The predicted molar refractivity (Wildman–Crippen MR) is 127 cm³/mol. The van der Waals surface area contributed by atoms with Crippen molar-refractivity contribution in [2.24, 2.45) is 13.0 Å².